The van der Waals surface area contributed by atoms with Crippen LogP contribution in [0.5, 0.6) is 11.5 Å². The first-order valence-electron chi connectivity index (χ1n) is 9.16. The van der Waals surface area contributed by atoms with Crippen molar-refractivity contribution in [3.05, 3.63) is 59.1 Å². The average Bonchev–Trinajstić information content (AvgIpc) is 2.71. The number of methoxy groups -OCH3 is 1. The molecule has 2 aromatic carbocycles. The summed E-state index contributed by atoms with van der Waals surface area (Å²) in [5.41, 5.74) is 0.888. The second-order valence-electron chi connectivity index (χ2n) is 6.51. The van der Waals surface area contributed by atoms with E-state index < -0.39 is 0 Å². The number of carbonyl (C=O) groups is 1. The van der Waals surface area contributed by atoms with Gasteiger partial charge in [-0.1, -0.05) is 29.8 Å². The molecule has 1 amide bonds. The van der Waals surface area contributed by atoms with Gasteiger partial charge >= 0.3 is 0 Å². The van der Waals surface area contributed by atoms with E-state index in [4.69, 9.17) is 21.1 Å². The minimum Gasteiger partial charge on any atom is -0.497 e. The SMILES string of the molecule is COc1ccc(OCCN2CCN(C(=O)Cc3ccccc3Cl)CC2)cc1. The highest BCUT2D eigenvalue weighted by atomic mass is 35.5. The van der Waals surface area contributed by atoms with Gasteiger partial charge in [-0.05, 0) is 35.9 Å². The van der Waals surface area contributed by atoms with Gasteiger partial charge in [-0.15, -0.1) is 0 Å². The minimum atomic E-state index is 0.136. The molecule has 0 spiro atoms. The Labute approximate surface area is 165 Å². The number of nitrogens with zero attached hydrogens (tertiary/aromatic N) is 2. The van der Waals surface area contributed by atoms with E-state index in [9.17, 15) is 4.79 Å². The Morgan fingerprint density at radius 3 is 2.33 bits per heavy atom. The molecule has 1 heterocycles. The van der Waals surface area contributed by atoms with Crippen LogP contribution in [0.15, 0.2) is 48.5 Å². The van der Waals surface area contributed by atoms with Gasteiger partial charge in [0.25, 0.3) is 0 Å². The summed E-state index contributed by atoms with van der Waals surface area (Å²) in [5, 5.41) is 0.653. The third-order valence-electron chi connectivity index (χ3n) is 4.76. The van der Waals surface area contributed by atoms with Crippen LogP contribution in [0.4, 0.5) is 0 Å². The second-order valence-corrected chi connectivity index (χ2v) is 6.92. The summed E-state index contributed by atoms with van der Waals surface area (Å²) in [6.07, 6.45) is 0.361. The molecule has 6 heteroatoms. The molecule has 3 rings (SSSR count). The van der Waals surface area contributed by atoms with E-state index in [2.05, 4.69) is 4.90 Å². The standard InChI is InChI=1S/C21H25ClN2O3/c1-26-18-6-8-19(9-7-18)27-15-14-23-10-12-24(13-11-23)21(25)16-17-4-2-3-5-20(17)22/h2-9H,10-16H2,1H3. The van der Waals surface area contributed by atoms with Gasteiger partial charge in [-0.3, -0.25) is 9.69 Å². The highest BCUT2D eigenvalue weighted by Gasteiger charge is 2.21. The molecule has 0 atom stereocenters. The van der Waals surface area contributed by atoms with Crippen molar-refractivity contribution < 1.29 is 14.3 Å². The molecule has 1 aliphatic heterocycles. The van der Waals surface area contributed by atoms with Gasteiger partial charge in [0.2, 0.25) is 5.91 Å². The van der Waals surface area contributed by atoms with Crippen LogP contribution in [-0.2, 0) is 11.2 Å². The number of hydrogen-bond donors (Lipinski definition) is 0. The zero-order valence-electron chi connectivity index (χ0n) is 15.6. The largest absolute Gasteiger partial charge is 0.497 e. The maximum atomic E-state index is 12.5. The van der Waals surface area contributed by atoms with Crippen LogP contribution in [0.3, 0.4) is 0 Å². The summed E-state index contributed by atoms with van der Waals surface area (Å²) in [4.78, 5) is 16.7. The molecular weight excluding hydrogens is 364 g/mol. The molecule has 1 aliphatic rings. The molecule has 2 aromatic rings. The molecule has 1 fully saturated rings. The fourth-order valence-corrected chi connectivity index (χ4v) is 3.30. The number of amides is 1. The summed E-state index contributed by atoms with van der Waals surface area (Å²) in [5.74, 6) is 1.79. The third-order valence-corrected chi connectivity index (χ3v) is 5.13. The maximum Gasteiger partial charge on any atom is 0.227 e. The van der Waals surface area contributed by atoms with Crippen LogP contribution in [0.2, 0.25) is 5.02 Å². The zero-order valence-corrected chi connectivity index (χ0v) is 16.3. The fraction of sp³-hybridized carbons (Fsp3) is 0.381. The first-order valence-corrected chi connectivity index (χ1v) is 9.54. The summed E-state index contributed by atoms with van der Waals surface area (Å²) >= 11 is 6.16. The van der Waals surface area contributed by atoms with Gasteiger partial charge in [-0.2, -0.15) is 0 Å². The van der Waals surface area contributed by atoms with Crippen molar-refractivity contribution in [3.63, 3.8) is 0 Å². The molecule has 0 saturated carbocycles. The molecule has 0 unspecified atom stereocenters. The quantitative estimate of drug-likeness (QED) is 0.730. The summed E-state index contributed by atoms with van der Waals surface area (Å²) in [7, 11) is 1.65. The van der Waals surface area contributed by atoms with Gasteiger partial charge in [0.15, 0.2) is 0 Å². The van der Waals surface area contributed by atoms with Crippen LogP contribution in [0, 0.1) is 0 Å². The second kappa shape index (κ2) is 9.62. The summed E-state index contributed by atoms with van der Waals surface area (Å²) in [6.45, 7) is 4.68. The van der Waals surface area contributed by atoms with Crippen molar-refractivity contribution >= 4 is 17.5 Å². The molecule has 5 nitrogen and oxygen atoms in total. The van der Waals surface area contributed by atoms with E-state index in [-0.39, 0.29) is 5.91 Å². The molecule has 0 aliphatic carbocycles. The first kappa shape index (κ1) is 19.5. The van der Waals surface area contributed by atoms with Gasteiger partial charge in [0, 0.05) is 37.7 Å². The minimum absolute atomic E-state index is 0.136. The lowest BCUT2D eigenvalue weighted by atomic mass is 10.1. The van der Waals surface area contributed by atoms with Crippen LogP contribution in [0.1, 0.15) is 5.56 Å². The summed E-state index contributed by atoms with van der Waals surface area (Å²) < 4.78 is 10.9. The van der Waals surface area contributed by atoms with Crippen LogP contribution in [-0.4, -0.2) is 62.1 Å². The Kier molecular flexibility index (Phi) is 6.96. The topological polar surface area (TPSA) is 42.0 Å². The van der Waals surface area contributed by atoms with E-state index in [0.717, 1.165) is 49.8 Å². The first-order chi connectivity index (χ1) is 13.2. The van der Waals surface area contributed by atoms with E-state index >= 15 is 0 Å². The lowest BCUT2D eigenvalue weighted by Gasteiger charge is -2.34. The highest BCUT2D eigenvalue weighted by Crippen LogP contribution is 2.18. The van der Waals surface area contributed by atoms with E-state index in [1.165, 1.54) is 0 Å². The van der Waals surface area contributed by atoms with Crippen LogP contribution in [0.25, 0.3) is 0 Å². The van der Waals surface area contributed by atoms with E-state index in [1.54, 1.807) is 7.11 Å². The average molecular weight is 389 g/mol. The van der Waals surface area contributed by atoms with E-state index in [1.807, 2.05) is 53.4 Å². The maximum absolute atomic E-state index is 12.5. The third kappa shape index (κ3) is 5.62. The molecule has 0 radical (unpaired) electrons. The highest BCUT2D eigenvalue weighted by molar-refractivity contribution is 6.31. The number of benzene rings is 2. The molecule has 144 valence electrons. The van der Waals surface area contributed by atoms with Gasteiger partial charge in [0.1, 0.15) is 18.1 Å². The Morgan fingerprint density at radius 1 is 1.00 bits per heavy atom. The number of ether oxygens (including phenoxy) is 2. The predicted octanol–water partition coefficient (Wildman–Crippen LogP) is 3.11. The molecule has 1 saturated heterocycles. The molecule has 27 heavy (non-hydrogen) atoms. The van der Waals surface area contributed by atoms with Gasteiger partial charge < -0.3 is 14.4 Å². The van der Waals surface area contributed by atoms with Crippen molar-refractivity contribution in [2.24, 2.45) is 0 Å². The van der Waals surface area contributed by atoms with Crippen LogP contribution >= 0.6 is 11.6 Å². The summed E-state index contributed by atoms with van der Waals surface area (Å²) in [6, 6.07) is 15.1. The molecular formula is C21H25ClN2O3. The Morgan fingerprint density at radius 2 is 1.67 bits per heavy atom. The number of carbonyl (C=O) groups excluding carboxylic acids is 1. The number of hydrogen-bond acceptors (Lipinski definition) is 4. The molecule has 0 bridgehead atoms. The van der Waals surface area contributed by atoms with Crippen LogP contribution < -0.4 is 9.47 Å². The smallest absolute Gasteiger partial charge is 0.227 e. The van der Waals surface area contributed by atoms with Crippen molar-refractivity contribution in [3.8, 4) is 11.5 Å². The lowest BCUT2D eigenvalue weighted by Crippen LogP contribution is -2.49. The van der Waals surface area contributed by atoms with Gasteiger partial charge in [-0.25, -0.2) is 0 Å². The normalized spacial score (nSPS) is 14.8. The Hall–Kier alpha value is -2.24. The number of rotatable bonds is 7. The number of piperazine rings is 1. The van der Waals surface area contributed by atoms with E-state index in [0.29, 0.717) is 18.1 Å². The van der Waals surface area contributed by atoms with Crippen molar-refractivity contribution in [1.82, 2.24) is 9.80 Å². The Balaban J connectivity index is 1.38. The van der Waals surface area contributed by atoms with Gasteiger partial charge in [0.05, 0.1) is 13.5 Å². The molecule has 0 N–H and O–H groups in total. The fourth-order valence-electron chi connectivity index (χ4n) is 3.10. The van der Waals surface area contributed by atoms with Crippen molar-refractivity contribution in [1.29, 1.82) is 0 Å². The zero-order chi connectivity index (χ0) is 19.1. The lowest BCUT2D eigenvalue weighted by molar-refractivity contribution is -0.132. The van der Waals surface area contributed by atoms with Crippen molar-refractivity contribution in [2.75, 3.05) is 46.4 Å². The predicted molar refractivity (Wildman–Crippen MR) is 107 cm³/mol. The number of halogens is 1. The molecule has 0 aromatic heterocycles. The monoisotopic (exact) mass is 388 g/mol. The Bertz CT molecular complexity index is 743. The van der Waals surface area contributed by atoms with Crippen molar-refractivity contribution in [2.45, 2.75) is 6.42 Å².